The van der Waals surface area contributed by atoms with Crippen molar-refractivity contribution in [2.24, 2.45) is 0 Å². The molecular weight excluding hydrogens is 302 g/mol. The van der Waals surface area contributed by atoms with Gasteiger partial charge in [-0.3, -0.25) is 4.98 Å². The number of halogens is 1. The number of nitrogen functional groups attached to an aromatic ring is 1. The van der Waals surface area contributed by atoms with Gasteiger partial charge >= 0.3 is 0 Å². The Bertz CT molecular complexity index is 542. The fourth-order valence-corrected chi connectivity index (χ4v) is 2.51. The average Bonchev–Trinajstić information content (AvgIpc) is 2.39. The number of nitrogens with zero attached hydrogens (tertiary/aromatic N) is 2. The number of para-hydroxylation sites is 2. The van der Waals surface area contributed by atoms with Gasteiger partial charge in [0.05, 0.1) is 11.4 Å². The molecule has 3 nitrogen and oxygen atoms in total. The van der Waals surface area contributed by atoms with Crippen LogP contribution in [0.2, 0.25) is 0 Å². The zero-order valence-corrected chi connectivity index (χ0v) is 12.6. The number of hydrogen-bond acceptors (Lipinski definition) is 3. The Labute approximate surface area is 122 Å². The Morgan fingerprint density at radius 1 is 1.26 bits per heavy atom. The molecule has 1 aromatic heterocycles. The van der Waals surface area contributed by atoms with Crippen LogP contribution in [0.15, 0.2) is 47.2 Å². The predicted molar refractivity (Wildman–Crippen MR) is 84.1 cm³/mol. The summed E-state index contributed by atoms with van der Waals surface area (Å²) in [5.74, 6) is 0. The Hall–Kier alpha value is -1.55. The SMILES string of the molecule is CCCN(Cc1cncc(Br)c1)c1ccccc1N. The molecule has 2 aromatic rings. The molecular formula is C15H18BrN3. The summed E-state index contributed by atoms with van der Waals surface area (Å²) in [4.78, 5) is 6.50. The van der Waals surface area contributed by atoms with Crippen LogP contribution in [0.3, 0.4) is 0 Å². The summed E-state index contributed by atoms with van der Waals surface area (Å²) in [7, 11) is 0. The molecule has 1 aromatic carbocycles. The number of aromatic nitrogens is 1. The molecule has 0 radical (unpaired) electrons. The number of benzene rings is 1. The second-order valence-corrected chi connectivity index (χ2v) is 5.41. The van der Waals surface area contributed by atoms with Crippen LogP contribution in [-0.4, -0.2) is 11.5 Å². The van der Waals surface area contributed by atoms with E-state index < -0.39 is 0 Å². The predicted octanol–water partition coefficient (Wildman–Crippen LogP) is 3.84. The maximum Gasteiger partial charge on any atom is 0.0602 e. The largest absolute Gasteiger partial charge is 0.397 e. The average molecular weight is 320 g/mol. The molecule has 0 unspecified atom stereocenters. The van der Waals surface area contributed by atoms with Crippen LogP contribution < -0.4 is 10.6 Å². The molecule has 0 saturated heterocycles. The lowest BCUT2D eigenvalue weighted by atomic mass is 10.2. The van der Waals surface area contributed by atoms with Gasteiger partial charge in [0.25, 0.3) is 0 Å². The second kappa shape index (κ2) is 6.57. The maximum absolute atomic E-state index is 6.07. The smallest absolute Gasteiger partial charge is 0.0602 e. The second-order valence-electron chi connectivity index (χ2n) is 4.49. The summed E-state index contributed by atoms with van der Waals surface area (Å²) in [6.45, 7) is 3.96. The number of rotatable bonds is 5. The number of anilines is 2. The Kier molecular flexibility index (Phi) is 4.80. The molecule has 19 heavy (non-hydrogen) atoms. The van der Waals surface area contributed by atoms with Gasteiger partial charge in [-0.25, -0.2) is 0 Å². The van der Waals surface area contributed by atoms with E-state index in [1.54, 1.807) is 6.20 Å². The van der Waals surface area contributed by atoms with Crippen molar-refractivity contribution in [3.63, 3.8) is 0 Å². The lowest BCUT2D eigenvalue weighted by Crippen LogP contribution is -2.24. The molecule has 0 aliphatic heterocycles. The topological polar surface area (TPSA) is 42.2 Å². The lowest BCUT2D eigenvalue weighted by molar-refractivity contribution is 0.766. The van der Waals surface area contributed by atoms with Gasteiger partial charge in [-0.1, -0.05) is 19.1 Å². The van der Waals surface area contributed by atoms with E-state index in [9.17, 15) is 0 Å². The highest BCUT2D eigenvalue weighted by Crippen LogP contribution is 2.24. The van der Waals surface area contributed by atoms with E-state index in [0.717, 1.165) is 35.4 Å². The molecule has 100 valence electrons. The summed E-state index contributed by atoms with van der Waals surface area (Å²) < 4.78 is 1.00. The van der Waals surface area contributed by atoms with Crippen molar-refractivity contribution in [2.75, 3.05) is 17.2 Å². The minimum absolute atomic E-state index is 0.814. The van der Waals surface area contributed by atoms with Gasteiger partial charge in [0.15, 0.2) is 0 Å². The first-order valence-electron chi connectivity index (χ1n) is 6.39. The van der Waals surface area contributed by atoms with Crippen molar-refractivity contribution in [1.29, 1.82) is 0 Å². The van der Waals surface area contributed by atoms with Crippen molar-refractivity contribution in [3.8, 4) is 0 Å². The van der Waals surface area contributed by atoms with E-state index in [1.807, 2.05) is 24.4 Å². The van der Waals surface area contributed by atoms with Gasteiger partial charge in [-0.05, 0) is 46.1 Å². The quantitative estimate of drug-likeness (QED) is 0.851. The molecule has 2 rings (SSSR count). The van der Waals surface area contributed by atoms with Crippen LogP contribution in [0.4, 0.5) is 11.4 Å². The highest BCUT2D eigenvalue weighted by molar-refractivity contribution is 9.10. The van der Waals surface area contributed by atoms with Crippen molar-refractivity contribution in [1.82, 2.24) is 4.98 Å². The van der Waals surface area contributed by atoms with Crippen LogP contribution in [0.5, 0.6) is 0 Å². The highest BCUT2D eigenvalue weighted by atomic mass is 79.9. The normalized spacial score (nSPS) is 10.4. The highest BCUT2D eigenvalue weighted by Gasteiger charge is 2.09. The maximum atomic E-state index is 6.07. The van der Waals surface area contributed by atoms with E-state index in [4.69, 9.17) is 5.73 Å². The minimum Gasteiger partial charge on any atom is -0.397 e. The third-order valence-electron chi connectivity index (χ3n) is 2.91. The van der Waals surface area contributed by atoms with Gasteiger partial charge in [-0.15, -0.1) is 0 Å². The van der Waals surface area contributed by atoms with Crippen molar-refractivity contribution >= 4 is 27.3 Å². The van der Waals surface area contributed by atoms with Gasteiger partial charge in [0, 0.05) is 30.0 Å². The molecule has 0 atom stereocenters. The molecule has 0 aliphatic rings. The standard InChI is InChI=1S/C15H18BrN3/c1-2-7-19(15-6-4-3-5-14(15)17)11-12-8-13(16)10-18-9-12/h3-6,8-10H,2,7,11,17H2,1H3. The molecule has 0 amide bonds. The Morgan fingerprint density at radius 2 is 2.05 bits per heavy atom. The monoisotopic (exact) mass is 319 g/mol. The van der Waals surface area contributed by atoms with E-state index in [1.165, 1.54) is 5.56 Å². The van der Waals surface area contributed by atoms with Crippen LogP contribution in [0, 0.1) is 0 Å². The van der Waals surface area contributed by atoms with Crippen molar-refractivity contribution in [2.45, 2.75) is 19.9 Å². The molecule has 1 heterocycles. The molecule has 0 bridgehead atoms. The first-order chi connectivity index (χ1) is 9.20. The number of nitrogens with two attached hydrogens (primary N) is 1. The summed E-state index contributed by atoms with van der Waals surface area (Å²) in [6.07, 6.45) is 4.77. The van der Waals surface area contributed by atoms with Crippen LogP contribution in [0.1, 0.15) is 18.9 Å². The fourth-order valence-electron chi connectivity index (χ4n) is 2.09. The third kappa shape index (κ3) is 3.70. The van der Waals surface area contributed by atoms with Gasteiger partial charge in [0.1, 0.15) is 0 Å². The summed E-state index contributed by atoms with van der Waals surface area (Å²) >= 11 is 3.46. The third-order valence-corrected chi connectivity index (χ3v) is 3.34. The van der Waals surface area contributed by atoms with E-state index >= 15 is 0 Å². The van der Waals surface area contributed by atoms with Gasteiger partial charge in [-0.2, -0.15) is 0 Å². The summed E-state index contributed by atoms with van der Waals surface area (Å²) in [5, 5.41) is 0. The van der Waals surface area contributed by atoms with Crippen molar-refractivity contribution in [3.05, 3.63) is 52.8 Å². The fraction of sp³-hybridized carbons (Fsp3) is 0.267. The van der Waals surface area contributed by atoms with Crippen LogP contribution in [0.25, 0.3) is 0 Å². The van der Waals surface area contributed by atoms with Crippen LogP contribution in [-0.2, 0) is 6.54 Å². The summed E-state index contributed by atoms with van der Waals surface area (Å²) in [6, 6.07) is 10.1. The molecule has 0 aliphatic carbocycles. The van der Waals surface area contributed by atoms with Gasteiger partial charge < -0.3 is 10.6 Å². The molecule has 4 heteroatoms. The zero-order chi connectivity index (χ0) is 13.7. The molecule has 2 N–H and O–H groups in total. The molecule has 0 saturated carbocycles. The molecule has 0 spiro atoms. The number of pyridine rings is 1. The van der Waals surface area contributed by atoms with Gasteiger partial charge in [0.2, 0.25) is 0 Å². The number of hydrogen-bond donors (Lipinski definition) is 1. The summed E-state index contributed by atoms with van der Waals surface area (Å²) in [5.41, 5.74) is 9.15. The molecule has 0 fully saturated rings. The van der Waals surface area contributed by atoms with E-state index in [-0.39, 0.29) is 0 Å². The van der Waals surface area contributed by atoms with Crippen molar-refractivity contribution < 1.29 is 0 Å². The lowest BCUT2D eigenvalue weighted by Gasteiger charge is -2.25. The van der Waals surface area contributed by atoms with E-state index in [0.29, 0.717) is 0 Å². The van der Waals surface area contributed by atoms with Crippen LogP contribution >= 0.6 is 15.9 Å². The first-order valence-corrected chi connectivity index (χ1v) is 7.19. The van der Waals surface area contributed by atoms with E-state index in [2.05, 4.69) is 44.9 Å². The Morgan fingerprint density at radius 3 is 2.74 bits per heavy atom. The Balaban J connectivity index is 2.24. The zero-order valence-electron chi connectivity index (χ0n) is 11.0. The minimum atomic E-state index is 0.814. The first kappa shape index (κ1) is 13.9.